The molecule has 7 nitrogen and oxygen atoms in total. The van der Waals surface area contributed by atoms with Gasteiger partial charge in [-0.25, -0.2) is 0 Å². The van der Waals surface area contributed by atoms with Crippen LogP contribution in [0.15, 0.2) is 66.1 Å². The maximum atomic E-state index is 12.2. The lowest BCUT2D eigenvalue weighted by atomic mass is 10.1. The number of hydrogen-bond acceptors (Lipinski definition) is 6. The molecule has 1 aromatic carbocycles. The molecule has 0 radical (unpaired) electrons. The molecule has 0 fully saturated rings. The van der Waals surface area contributed by atoms with Crippen molar-refractivity contribution in [3.63, 3.8) is 0 Å². The smallest absolute Gasteiger partial charge is 0.230 e. The summed E-state index contributed by atoms with van der Waals surface area (Å²) in [6.45, 7) is 2.54. The summed E-state index contributed by atoms with van der Waals surface area (Å²) in [6.07, 6.45) is 3.45. The number of pyridine rings is 1. The molecule has 0 unspecified atom stereocenters. The highest BCUT2D eigenvalue weighted by atomic mass is 32.2. The van der Waals surface area contributed by atoms with Gasteiger partial charge in [0, 0.05) is 24.5 Å². The van der Waals surface area contributed by atoms with Crippen LogP contribution in [0.25, 0.3) is 16.9 Å². The highest BCUT2D eigenvalue weighted by Crippen LogP contribution is 2.20. The van der Waals surface area contributed by atoms with Crippen molar-refractivity contribution in [2.45, 2.75) is 18.6 Å². The van der Waals surface area contributed by atoms with Crippen LogP contribution in [-0.4, -0.2) is 36.5 Å². The Balaban J connectivity index is 1.41. The summed E-state index contributed by atoms with van der Waals surface area (Å²) in [5, 5.41) is 16.4. The second-order valence-electron chi connectivity index (χ2n) is 6.26. The van der Waals surface area contributed by atoms with Crippen LogP contribution in [0.2, 0.25) is 0 Å². The van der Waals surface area contributed by atoms with Gasteiger partial charge in [-0.3, -0.25) is 9.78 Å². The Bertz CT molecular complexity index is 1090. The second-order valence-corrected chi connectivity index (χ2v) is 7.20. The van der Waals surface area contributed by atoms with Crippen LogP contribution in [0, 0.1) is 6.92 Å². The van der Waals surface area contributed by atoms with Gasteiger partial charge in [0.1, 0.15) is 0 Å². The first-order valence-electron chi connectivity index (χ1n) is 8.77. The second kappa shape index (κ2) is 8.18. The molecule has 3 heterocycles. The lowest BCUT2D eigenvalue weighted by Crippen LogP contribution is -2.24. The summed E-state index contributed by atoms with van der Waals surface area (Å²) < 4.78 is 1.66. The number of benzene rings is 1. The number of nitrogens with zero attached hydrogens (tertiary/aromatic N) is 5. The number of carbonyl (C=O) groups excluding carboxylic acids is 1. The Morgan fingerprint density at radius 2 is 1.82 bits per heavy atom. The molecule has 0 saturated heterocycles. The van der Waals surface area contributed by atoms with Crippen LogP contribution in [0.1, 0.15) is 11.1 Å². The van der Waals surface area contributed by atoms with Crippen LogP contribution >= 0.6 is 11.8 Å². The summed E-state index contributed by atoms with van der Waals surface area (Å²) in [7, 11) is 0. The SMILES string of the molecule is Cc1ccc(CNC(=O)CSc2nnc3ccc(-c4ccncc4)nn23)cc1. The van der Waals surface area contributed by atoms with Gasteiger partial charge in [-0.05, 0) is 36.8 Å². The molecule has 8 heteroatoms. The van der Waals surface area contributed by atoms with Crippen molar-refractivity contribution in [1.82, 2.24) is 30.1 Å². The van der Waals surface area contributed by atoms with E-state index in [-0.39, 0.29) is 11.7 Å². The maximum Gasteiger partial charge on any atom is 0.230 e. The summed E-state index contributed by atoms with van der Waals surface area (Å²) in [6, 6.07) is 15.6. The van der Waals surface area contributed by atoms with Gasteiger partial charge in [0.15, 0.2) is 5.65 Å². The minimum atomic E-state index is -0.0624. The van der Waals surface area contributed by atoms with E-state index < -0.39 is 0 Å². The summed E-state index contributed by atoms with van der Waals surface area (Å²) in [5.41, 5.74) is 4.65. The van der Waals surface area contributed by atoms with Crippen molar-refractivity contribution in [2.75, 3.05) is 5.75 Å². The van der Waals surface area contributed by atoms with Crippen molar-refractivity contribution >= 4 is 23.3 Å². The molecule has 4 aromatic rings. The van der Waals surface area contributed by atoms with E-state index >= 15 is 0 Å². The number of amides is 1. The van der Waals surface area contributed by atoms with E-state index in [9.17, 15) is 4.79 Å². The fourth-order valence-corrected chi connectivity index (χ4v) is 3.34. The van der Waals surface area contributed by atoms with Gasteiger partial charge in [0.2, 0.25) is 11.1 Å². The van der Waals surface area contributed by atoms with Crippen LogP contribution in [0.5, 0.6) is 0 Å². The number of thioether (sulfide) groups is 1. The van der Waals surface area contributed by atoms with Gasteiger partial charge in [-0.15, -0.1) is 10.2 Å². The number of fused-ring (bicyclic) bond motifs is 1. The summed E-state index contributed by atoms with van der Waals surface area (Å²) in [4.78, 5) is 16.2. The maximum absolute atomic E-state index is 12.2. The van der Waals surface area contributed by atoms with Crippen molar-refractivity contribution in [2.24, 2.45) is 0 Å². The molecule has 3 aromatic heterocycles. The van der Waals surface area contributed by atoms with E-state index in [1.165, 1.54) is 17.3 Å². The predicted octanol–water partition coefficient (Wildman–Crippen LogP) is 2.90. The molecular formula is C20H18N6OS. The Labute approximate surface area is 166 Å². The van der Waals surface area contributed by atoms with Gasteiger partial charge >= 0.3 is 0 Å². The molecular weight excluding hydrogens is 372 g/mol. The molecule has 0 aliphatic rings. The Hall–Kier alpha value is -3.26. The molecule has 140 valence electrons. The number of aryl methyl sites for hydroxylation is 1. The molecule has 1 N–H and O–H groups in total. The molecule has 0 atom stereocenters. The highest BCUT2D eigenvalue weighted by molar-refractivity contribution is 7.99. The molecule has 0 spiro atoms. The zero-order valence-corrected chi connectivity index (χ0v) is 16.1. The van der Waals surface area contributed by atoms with E-state index in [1.54, 1.807) is 16.9 Å². The van der Waals surface area contributed by atoms with E-state index in [2.05, 4.69) is 25.6 Å². The Morgan fingerprint density at radius 1 is 1.04 bits per heavy atom. The quantitative estimate of drug-likeness (QED) is 0.510. The first-order valence-corrected chi connectivity index (χ1v) is 9.75. The van der Waals surface area contributed by atoms with Crippen LogP contribution in [-0.2, 0) is 11.3 Å². The van der Waals surface area contributed by atoms with Crippen molar-refractivity contribution < 1.29 is 4.79 Å². The summed E-state index contributed by atoms with van der Waals surface area (Å²) in [5.74, 6) is 0.181. The predicted molar refractivity (Wildman–Crippen MR) is 108 cm³/mol. The van der Waals surface area contributed by atoms with Crippen molar-refractivity contribution in [3.05, 3.63) is 72.1 Å². The molecule has 0 saturated carbocycles. The lowest BCUT2D eigenvalue weighted by Gasteiger charge is -2.05. The first-order chi connectivity index (χ1) is 13.7. The number of nitrogens with one attached hydrogen (secondary N) is 1. The zero-order valence-electron chi connectivity index (χ0n) is 15.2. The fourth-order valence-electron chi connectivity index (χ4n) is 2.62. The number of aromatic nitrogens is 5. The normalized spacial score (nSPS) is 10.9. The largest absolute Gasteiger partial charge is 0.351 e. The minimum absolute atomic E-state index is 0.0624. The third-order valence-corrected chi connectivity index (χ3v) is 5.07. The minimum Gasteiger partial charge on any atom is -0.351 e. The van der Waals surface area contributed by atoms with E-state index in [0.29, 0.717) is 17.3 Å². The average Bonchev–Trinajstić information content (AvgIpc) is 3.15. The van der Waals surface area contributed by atoms with E-state index in [1.807, 2.05) is 55.5 Å². The van der Waals surface area contributed by atoms with Crippen LogP contribution in [0.3, 0.4) is 0 Å². The third kappa shape index (κ3) is 4.17. The highest BCUT2D eigenvalue weighted by Gasteiger charge is 2.11. The van der Waals surface area contributed by atoms with Crippen molar-refractivity contribution in [3.8, 4) is 11.3 Å². The molecule has 4 rings (SSSR count). The van der Waals surface area contributed by atoms with Gasteiger partial charge < -0.3 is 5.32 Å². The molecule has 0 aliphatic heterocycles. The van der Waals surface area contributed by atoms with E-state index in [4.69, 9.17) is 0 Å². The van der Waals surface area contributed by atoms with Crippen LogP contribution < -0.4 is 5.32 Å². The van der Waals surface area contributed by atoms with Gasteiger partial charge in [-0.1, -0.05) is 41.6 Å². The summed E-state index contributed by atoms with van der Waals surface area (Å²) >= 11 is 1.31. The third-order valence-electron chi connectivity index (χ3n) is 4.15. The van der Waals surface area contributed by atoms with Crippen LogP contribution in [0.4, 0.5) is 0 Å². The van der Waals surface area contributed by atoms with Gasteiger partial charge in [0.25, 0.3) is 0 Å². The van der Waals surface area contributed by atoms with Gasteiger partial charge in [-0.2, -0.15) is 9.61 Å². The first kappa shape index (κ1) is 18.1. The monoisotopic (exact) mass is 390 g/mol. The molecule has 0 aliphatic carbocycles. The molecule has 28 heavy (non-hydrogen) atoms. The molecule has 1 amide bonds. The molecule has 0 bridgehead atoms. The van der Waals surface area contributed by atoms with Gasteiger partial charge in [0.05, 0.1) is 11.4 Å². The Kier molecular flexibility index (Phi) is 5.29. The number of hydrogen-bond donors (Lipinski definition) is 1. The standard InChI is InChI=1S/C20H18N6OS/c1-14-2-4-15(5-3-14)12-22-19(27)13-28-20-24-23-18-7-6-17(25-26(18)20)16-8-10-21-11-9-16/h2-11H,12-13H2,1H3,(H,22,27). The topological polar surface area (TPSA) is 85.1 Å². The zero-order chi connectivity index (χ0) is 19.3. The number of carbonyl (C=O) groups is 1. The lowest BCUT2D eigenvalue weighted by molar-refractivity contribution is -0.118. The van der Waals surface area contributed by atoms with Crippen molar-refractivity contribution in [1.29, 1.82) is 0 Å². The fraction of sp³-hybridized carbons (Fsp3) is 0.150. The average molecular weight is 390 g/mol. The Morgan fingerprint density at radius 3 is 2.61 bits per heavy atom. The number of rotatable bonds is 6. The van der Waals surface area contributed by atoms with E-state index in [0.717, 1.165) is 16.8 Å².